The number of rotatable bonds is 14. The molecule has 0 bridgehead atoms. The Bertz CT molecular complexity index is 1890. The van der Waals surface area contributed by atoms with Crippen molar-refractivity contribution in [2.75, 3.05) is 6.54 Å². The van der Waals surface area contributed by atoms with Crippen LogP contribution in [0.15, 0.2) is 73.1 Å². The average molecular weight is 652 g/mol. The zero-order valence-corrected chi connectivity index (χ0v) is 26.5. The number of aliphatic carboxylic acids is 2. The summed E-state index contributed by atoms with van der Waals surface area (Å²) in [6.07, 6.45) is 5.53. The van der Waals surface area contributed by atoms with Gasteiger partial charge in [0.05, 0.1) is 30.3 Å². The molecule has 2 aromatic heterocycles. The molecule has 5 aromatic rings. The van der Waals surface area contributed by atoms with Gasteiger partial charge in [0, 0.05) is 12.0 Å². The summed E-state index contributed by atoms with van der Waals surface area (Å²) >= 11 is 0. The highest BCUT2D eigenvalue weighted by molar-refractivity contribution is 5.90. The minimum absolute atomic E-state index is 0.107. The SMILES string of the molecule is CCCCCCC(C(=O)N1C[C@@H](Oc2ccc(CC(=O)O)cc2)C[C@H]1C(=O)O)n1cnc2cc(-c3ccccc3-c3nn[nH]n3)ccc21. The van der Waals surface area contributed by atoms with Gasteiger partial charge in [0.25, 0.3) is 0 Å². The molecule has 0 aliphatic carbocycles. The summed E-state index contributed by atoms with van der Waals surface area (Å²) in [5, 5.41) is 33.7. The lowest BCUT2D eigenvalue weighted by Gasteiger charge is -2.28. The molecule has 1 fully saturated rings. The molecule has 48 heavy (non-hydrogen) atoms. The molecule has 3 atom stereocenters. The first-order chi connectivity index (χ1) is 23.3. The van der Waals surface area contributed by atoms with E-state index in [0.717, 1.165) is 47.9 Å². The van der Waals surface area contributed by atoms with Crippen LogP contribution >= 0.6 is 0 Å². The molecule has 13 heteroatoms. The maximum atomic E-state index is 14.4. The lowest BCUT2D eigenvalue weighted by Crippen LogP contribution is -2.44. The van der Waals surface area contributed by atoms with Gasteiger partial charge in [0.1, 0.15) is 23.9 Å². The second-order valence-electron chi connectivity index (χ2n) is 12.0. The number of tetrazole rings is 1. The molecule has 3 N–H and O–H groups in total. The van der Waals surface area contributed by atoms with Crippen LogP contribution in [0.4, 0.5) is 0 Å². The van der Waals surface area contributed by atoms with Crippen LogP contribution in [0.3, 0.4) is 0 Å². The molecule has 1 unspecified atom stereocenters. The first-order valence-corrected chi connectivity index (χ1v) is 16.1. The maximum absolute atomic E-state index is 14.4. The number of nitrogens with zero attached hydrogens (tertiary/aromatic N) is 6. The summed E-state index contributed by atoms with van der Waals surface area (Å²) in [7, 11) is 0. The van der Waals surface area contributed by atoms with Gasteiger partial charge < -0.3 is 24.4 Å². The third kappa shape index (κ3) is 7.04. The van der Waals surface area contributed by atoms with E-state index in [9.17, 15) is 19.5 Å². The number of aromatic amines is 1. The predicted molar refractivity (Wildman–Crippen MR) is 176 cm³/mol. The van der Waals surface area contributed by atoms with Crippen LogP contribution < -0.4 is 4.74 Å². The Kier molecular flexibility index (Phi) is 9.74. The summed E-state index contributed by atoms with van der Waals surface area (Å²) in [4.78, 5) is 43.9. The number of likely N-dealkylation sites (tertiary alicyclic amines) is 1. The van der Waals surface area contributed by atoms with E-state index in [0.29, 0.717) is 29.1 Å². The molecule has 0 saturated carbocycles. The molecule has 0 radical (unpaired) electrons. The third-order valence-corrected chi connectivity index (χ3v) is 8.76. The van der Waals surface area contributed by atoms with Gasteiger partial charge in [0.15, 0.2) is 0 Å². The number of H-pyrrole nitrogens is 1. The smallest absolute Gasteiger partial charge is 0.326 e. The topological polar surface area (TPSA) is 176 Å². The Labute approximate surface area is 276 Å². The lowest BCUT2D eigenvalue weighted by atomic mass is 9.98. The standard InChI is InChI=1S/C35H37N7O6/c1-2-3-4-5-10-30(34(45)41-20-25(19-31(41)35(46)47)48-24-14-11-22(12-15-24)17-32(43)44)42-21-36-28-18-23(13-16-29(28)42)26-8-6-7-9-27(26)33-37-39-40-38-33/h6-9,11-16,18,21,25,30-31H,2-5,10,17,19-20H2,1H3,(H,43,44)(H,46,47)(H,37,38,39,40)/t25-,30?,31-/m0/s1. The number of benzene rings is 3. The predicted octanol–water partition coefficient (Wildman–Crippen LogP) is 5.16. The Morgan fingerprint density at radius 1 is 1.00 bits per heavy atom. The monoisotopic (exact) mass is 651 g/mol. The fraction of sp³-hybridized carbons (Fsp3) is 0.343. The molecular formula is C35H37N7O6. The van der Waals surface area contributed by atoms with Gasteiger partial charge in [-0.15, -0.1) is 10.2 Å². The second-order valence-corrected chi connectivity index (χ2v) is 12.0. The summed E-state index contributed by atoms with van der Waals surface area (Å²) in [6, 6.07) is 18.6. The van der Waals surface area contributed by atoms with Crippen molar-refractivity contribution in [3.8, 4) is 28.3 Å². The summed E-state index contributed by atoms with van der Waals surface area (Å²) in [6.45, 7) is 2.24. The fourth-order valence-electron chi connectivity index (χ4n) is 6.40. The van der Waals surface area contributed by atoms with Gasteiger partial charge >= 0.3 is 11.9 Å². The van der Waals surface area contributed by atoms with E-state index >= 15 is 0 Å². The molecule has 1 amide bonds. The van der Waals surface area contributed by atoms with Crippen molar-refractivity contribution in [3.63, 3.8) is 0 Å². The zero-order valence-electron chi connectivity index (χ0n) is 26.5. The minimum atomic E-state index is -1.09. The molecule has 0 spiro atoms. The van der Waals surface area contributed by atoms with Crippen LogP contribution in [0.1, 0.15) is 57.1 Å². The molecule has 3 heterocycles. The van der Waals surface area contributed by atoms with Crippen molar-refractivity contribution in [3.05, 3.63) is 78.6 Å². The van der Waals surface area contributed by atoms with Crippen LogP contribution in [0.25, 0.3) is 33.5 Å². The number of hydrogen-bond acceptors (Lipinski definition) is 8. The zero-order chi connectivity index (χ0) is 33.6. The van der Waals surface area contributed by atoms with Gasteiger partial charge in [-0.05, 0) is 52.6 Å². The minimum Gasteiger partial charge on any atom is -0.488 e. The molecule has 13 nitrogen and oxygen atoms in total. The van der Waals surface area contributed by atoms with E-state index in [2.05, 4.69) is 32.5 Å². The molecule has 1 aliphatic heterocycles. The van der Waals surface area contributed by atoms with E-state index in [4.69, 9.17) is 9.84 Å². The third-order valence-electron chi connectivity index (χ3n) is 8.76. The number of unbranched alkanes of at least 4 members (excludes halogenated alkanes) is 3. The Morgan fingerprint density at radius 2 is 1.79 bits per heavy atom. The number of carboxylic acids is 2. The van der Waals surface area contributed by atoms with Crippen molar-refractivity contribution in [1.82, 2.24) is 35.1 Å². The number of ether oxygens (including phenoxy) is 1. The van der Waals surface area contributed by atoms with Gasteiger partial charge in [-0.3, -0.25) is 9.59 Å². The first-order valence-electron chi connectivity index (χ1n) is 16.1. The Hall–Kier alpha value is -5.59. The quantitative estimate of drug-likeness (QED) is 0.136. The van der Waals surface area contributed by atoms with Gasteiger partial charge in [-0.1, -0.05) is 75.1 Å². The molecule has 248 valence electrons. The van der Waals surface area contributed by atoms with E-state index in [1.807, 2.05) is 47.0 Å². The molecule has 1 saturated heterocycles. The Morgan fingerprint density at radius 3 is 2.50 bits per heavy atom. The van der Waals surface area contributed by atoms with E-state index in [1.165, 1.54) is 4.90 Å². The highest BCUT2D eigenvalue weighted by Gasteiger charge is 2.43. The van der Waals surface area contributed by atoms with Crippen molar-refractivity contribution < 1.29 is 29.3 Å². The van der Waals surface area contributed by atoms with Crippen molar-refractivity contribution in [2.45, 2.75) is 70.1 Å². The van der Waals surface area contributed by atoms with Gasteiger partial charge in [-0.2, -0.15) is 5.21 Å². The van der Waals surface area contributed by atoms with Crippen LogP contribution in [0.5, 0.6) is 5.75 Å². The number of carboxylic acid groups (broad SMARTS) is 2. The number of aromatic nitrogens is 6. The Balaban J connectivity index is 1.27. The van der Waals surface area contributed by atoms with E-state index < -0.39 is 30.1 Å². The number of carbonyl (C=O) groups is 3. The maximum Gasteiger partial charge on any atom is 0.326 e. The molecular weight excluding hydrogens is 614 g/mol. The van der Waals surface area contributed by atoms with Crippen LogP contribution in [-0.2, 0) is 20.8 Å². The van der Waals surface area contributed by atoms with E-state index in [1.54, 1.807) is 30.6 Å². The largest absolute Gasteiger partial charge is 0.488 e. The van der Waals surface area contributed by atoms with Crippen LogP contribution in [-0.4, -0.2) is 81.8 Å². The van der Waals surface area contributed by atoms with Gasteiger partial charge in [-0.25, -0.2) is 9.78 Å². The number of amides is 1. The number of nitrogens with one attached hydrogen (secondary N) is 1. The number of imidazole rings is 1. The molecule has 1 aliphatic rings. The highest BCUT2D eigenvalue weighted by atomic mass is 16.5. The van der Waals surface area contributed by atoms with Gasteiger partial charge in [0.2, 0.25) is 11.7 Å². The van der Waals surface area contributed by atoms with E-state index in [-0.39, 0.29) is 25.3 Å². The lowest BCUT2D eigenvalue weighted by molar-refractivity contribution is -0.149. The van der Waals surface area contributed by atoms with Crippen LogP contribution in [0, 0.1) is 0 Å². The van der Waals surface area contributed by atoms with Crippen molar-refractivity contribution >= 4 is 28.9 Å². The van der Waals surface area contributed by atoms with Crippen LogP contribution in [0.2, 0.25) is 0 Å². The summed E-state index contributed by atoms with van der Waals surface area (Å²) in [5.41, 5.74) is 4.72. The number of carbonyl (C=O) groups excluding carboxylic acids is 1. The van der Waals surface area contributed by atoms with Crippen molar-refractivity contribution in [2.24, 2.45) is 0 Å². The molecule has 6 rings (SSSR count). The second kappa shape index (κ2) is 14.4. The summed E-state index contributed by atoms with van der Waals surface area (Å²) in [5.74, 6) is -1.34. The highest BCUT2D eigenvalue weighted by Crippen LogP contribution is 2.34. The average Bonchev–Trinajstić information content (AvgIpc) is 3.86. The number of hydrogen-bond donors (Lipinski definition) is 3. The van der Waals surface area contributed by atoms with Crippen molar-refractivity contribution in [1.29, 1.82) is 0 Å². The first kappa shape index (κ1) is 32.4. The normalized spacial score (nSPS) is 16.6. The fourth-order valence-corrected chi connectivity index (χ4v) is 6.40. The summed E-state index contributed by atoms with van der Waals surface area (Å²) < 4.78 is 7.97. The number of fused-ring (bicyclic) bond motifs is 1. The molecule has 3 aromatic carbocycles.